The Hall–Kier alpha value is -2.81. The first-order valence-electron chi connectivity index (χ1n) is 8.67. The van der Waals surface area contributed by atoms with Crippen molar-refractivity contribution in [2.45, 2.75) is 25.8 Å². The molecule has 6 nitrogen and oxygen atoms in total. The topological polar surface area (TPSA) is 69.5 Å². The Morgan fingerprint density at radius 1 is 1.24 bits per heavy atom. The highest BCUT2D eigenvalue weighted by Crippen LogP contribution is 2.30. The lowest BCUT2D eigenvalue weighted by Gasteiger charge is -2.36. The molecule has 0 saturated carbocycles. The van der Waals surface area contributed by atoms with E-state index in [0.717, 1.165) is 48.2 Å². The quantitative estimate of drug-likeness (QED) is 0.843. The van der Waals surface area contributed by atoms with Gasteiger partial charge < -0.3 is 14.5 Å². The molecule has 2 saturated heterocycles. The number of amides is 1. The number of benzene rings is 1. The van der Waals surface area contributed by atoms with Gasteiger partial charge in [0.1, 0.15) is 18.5 Å². The number of carbonyl (C=O) groups is 1. The Morgan fingerprint density at radius 3 is 2.68 bits per heavy atom. The molecule has 1 aromatic heterocycles. The molecule has 2 aromatic rings. The Kier molecular flexibility index (Phi) is 3.92. The summed E-state index contributed by atoms with van der Waals surface area (Å²) in [5.41, 5.74) is 2.55. The second-order valence-electron chi connectivity index (χ2n) is 6.59. The van der Waals surface area contributed by atoms with Gasteiger partial charge in [-0.05, 0) is 31.4 Å². The van der Waals surface area contributed by atoms with E-state index in [1.165, 1.54) is 0 Å². The van der Waals surface area contributed by atoms with Crippen molar-refractivity contribution in [3.63, 3.8) is 0 Å². The van der Waals surface area contributed by atoms with Gasteiger partial charge in [0.2, 0.25) is 0 Å². The third-order valence-electron chi connectivity index (χ3n) is 5.24. The second-order valence-corrected chi connectivity index (χ2v) is 6.59. The maximum Gasteiger partial charge on any atom is 0.410 e. The van der Waals surface area contributed by atoms with Crippen molar-refractivity contribution in [3.8, 4) is 6.07 Å². The summed E-state index contributed by atoms with van der Waals surface area (Å²) in [5.74, 6) is 0.765. The van der Waals surface area contributed by atoms with Crippen LogP contribution in [0.3, 0.4) is 0 Å². The van der Waals surface area contributed by atoms with E-state index in [-0.39, 0.29) is 12.1 Å². The largest absolute Gasteiger partial charge is 0.448 e. The monoisotopic (exact) mass is 336 g/mol. The number of pyridine rings is 1. The molecule has 6 heteroatoms. The van der Waals surface area contributed by atoms with E-state index >= 15 is 0 Å². The van der Waals surface area contributed by atoms with Crippen LogP contribution in [-0.4, -0.2) is 48.3 Å². The molecule has 0 atom stereocenters. The summed E-state index contributed by atoms with van der Waals surface area (Å²) < 4.78 is 5.05. The zero-order valence-electron chi connectivity index (χ0n) is 14.2. The fourth-order valence-corrected chi connectivity index (χ4v) is 3.85. The van der Waals surface area contributed by atoms with Crippen molar-refractivity contribution in [1.29, 1.82) is 5.26 Å². The van der Waals surface area contributed by atoms with E-state index in [1.807, 2.05) is 36.1 Å². The summed E-state index contributed by atoms with van der Waals surface area (Å²) in [5, 5.41) is 10.7. The molecule has 0 radical (unpaired) electrons. The van der Waals surface area contributed by atoms with Crippen LogP contribution >= 0.6 is 0 Å². The molecule has 0 N–H and O–H groups in total. The Bertz CT molecular complexity index is 866. The maximum atomic E-state index is 11.8. The van der Waals surface area contributed by atoms with Gasteiger partial charge in [-0.1, -0.05) is 18.2 Å². The predicted octanol–water partition coefficient (Wildman–Crippen LogP) is 2.84. The number of carbonyl (C=O) groups excluding carboxylic acids is 1. The number of hydrogen-bond acceptors (Lipinski definition) is 5. The van der Waals surface area contributed by atoms with E-state index in [0.29, 0.717) is 18.7 Å². The van der Waals surface area contributed by atoms with Crippen molar-refractivity contribution in [2.24, 2.45) is 0 Å². The van der Waals surface area contributed by atoms with Gasteiger partial charge in [0.05, 0.1) is 17.6 Å². The van der Waals surface area contributed by atoms with E-state index in [4.69, 9.17) is 9.72 Å². The van der Waals surface area contributed by atoms with Crippen molar-refractivity contribution in [3.05, 3.63) is 35.4 Å². The average molecular weight is 336 g/mol. The molecule has 1 amide bonds. The number of aromatic nitrogens is 1. The van der Waals surface area contributed by atoms with Crippen LogP contribution in [0, 0.1) is 18.3 Å². The molecule has 128 valence electrons. The predicted molar refractivity (Wildman–Crippen MR) is 94.5 cm³/mol. The highest BCUT2D eigenvalue weighted by molar-refractivity contribution is 5.87. The first-order valence-corrected chi connectivity index (χ1v) is 8.67. The average Bonchev–Trinajstić information content (AvgIpc) is 3.08. The SMILES string of the molecule is Cc1c(C#N)c(N2CCC(N3CCOC3=O)CC2)nc2ccccc12. The van der Waals surface area contributed by atoms with Crippen LogP contribution < -0.4 is 4.90 Å². The number of para-hydroxylation sites is 1. The van der Waals surface area contributed by atoms with Crippen molar-refractivity contribution >= 4 is 22.8 Å². The van der Waals surface area contributed by atoms with Gasteiger partial charge in [-0.3, -0.25) is 0 Å². The maximum absolute atomic E-state index is 11.8. The lowest BCUT2D eigenvalue weighted by molar-refractivity contribution is 0.142. The van der Waals surface area contributed by atoms with Gasteiger partial charge in [-0.25, -0.2) is 9.78 Å². The molecule has 0 spiro atoms. The molecule has 0 aliphatic carbocycles. The van der Waals surface area contributed by atoms with Crippen LogP contribution in [0.2, 0.25) is 0 Å². The van der Waals surface area contributed by atoms with Crippen LogP contribution in [0.15, 0.2) is 24.3 Å². The van der Waals surface area contributed by atoms with Gasteiger partial charge in [0, 0.05) is 24.5 Å². The minimum Gasteiger partial charge on any atom is -0.448 e. The number of fused-ring (bicyclic) bond motifs is 1. The Morgan fingerprint density at radius 2 is 2.00 bits per heavy atom. The summed E-state index contributed by atoms with van der Waals surface area (Å²) in [4.78, 5) is 20.5. The number of nitrogens with zero attached hydrogens (tertiary/aromatic N) is 4. The molecule has 1 aromatic carbocycles. The van der Waals surface area contributed by atoms with Crippen LogP contribution in [0.25, 0.3) is 10.9 Å². The van der Waals surface area contributed by atoms with Gasteiger partial charge in [0.25, 0.3) is 0 Å². The minimum atomic E-state index is -0.198. The van der Waals surface area contributed by atoms with Crippen LogP contribution in [0.1, 0.15) is 24.0 Å². The molecular weight excluding hydrogens is 316 g/mol. The molecule has 2 aliphatic rings. The lowest BCUT2D eigenvalue weighted by Crippen LogP contribution is -2.45. The highest BCUT2D eigenvalue weighted by atomic mass is 16.6. The first kappa shape index (κ1) is 15.7. The van der Waals surface area contributed by atoms with E-state index in [2.05, 4.69) is 11.0 Å². The summed E-state index contributed by atoms with van der Waals surface area (Å²) in [6.07, 6.45) is 1.54. The number of cyclic esters (lactones) is 1. The molecule has 2 aliphatic heterocycles. The number of piperidine rings is 1. The zero-order chi connectivity index (χ0) is 17.4. The van der Waals surface area contributed by atoms with Gasteiger partial charge >= 0.3 is 6.09 Å². The molecule has 3 heterocycles. The normalized spacial score (nSPS) is 18.5. The van der Waals surface area contributed by atoms with Crippen molar-refractivity contribution in [1.82, 2.24) is 9.88 Å². The fraction of sp³-hybridized carbons (Fsp3) is 0.421. The summed E-state index contributed by atoms with van der Waals surface area (Å²) in [7, 11) is 0. The highest BCUT2D eigenvalue weighted by Gasteiger charge is 2.33. The first-order chi connectivity index (χ1) is 12.2. The van der Waals surface area contributed by atoms with E-state index in [1.54, 1.807) is 0 Å². The van der Waals surface area contributed by atoms with E-state index < -0.39 is 0 Å². The third-order valence-corrected chi connectivity index (χ3v) is 5.24. The van der Waals surface area contributed by atoms with Gasteiger partial charge in [0.15, 0.2) is 0 Å². The Balaban J connectivity index is 1.61. The molecule has 0 unspecified atom stereocenters. The zero-order valence-corrected chi connectivity index (χ0v) is 14.2. The van der Waals surface area contributed by atoms with Gasteiger partial charge in [-0.2, -0.15) is 5.26 Å². The number of anilines is 1. The summed E-state index contributed by atoms with van der Waals surface area (Å²) in [6, 6.07) is 10.5. The van der Waals surface area contributed by atoms with Crippen LogP contribution in [0.5, 0.6) is 0 Å². The smallest absolute Gasteiger partial charge is 0.410 e. The number of nitriles is 1. The Labute approximate surface area is 146 Å². The summed E-state index contributed by atoms with van der Waals surface area (Å²) >= 11 is 0. The van der Waals surface area contributed by atoms with Crippen LogP contribution in [0.4, 0.5) is 10.6 Å². The lowest BCUT2D eigenvalue weighted by atomic mass is 10.0. The number of hydrogen-bond donors (Lipinski definition) is 0. The molecule has 25 heavy (non-hydrogen) atoms. The van der Waals surface area contributed by atoms with Crippen LogP contribution in [-0.2, 0) is 4.74 Å². The number of rotatable bonds is 2. The van der Waals surface area contributed by atoms with E-state index in [9.17, 15) is 10.1 Å². The van der Waals surface area contributed by atoms with Crippen molar-refractivity contribution in [2.75, 3.05) is 31.1 Å². The minimum absolute atomic E-state index is 0.198. The molecule has 0 bridgehead atoms. The molecular formula is C19H20N4O2. The van der Waals surface area contributed by atoms with Gasteiger partial charge in [-0.15, -0.1) is 0 Å². The second kappa shape index (κ2) is 6.25. The standard InChI is InChI=1S/C19H20N4O2/c1-13-15-4-2-3-5-17(15)21-18(16(13)12-20)22-8-6-14(7-9-22)23-10-11-25-19(23)24/h2-5,14H,6-11H2,1H3. The summed E-state index contributed by atoms with van der Waals surface area (Å²) in [6.45, 7) is 4.73. The number of aryl methyl sites for hydroxylation is 1. The molecule has 2 fully saturated rings. The number of ether oxygens (including phenoxy) is 1. The molecule has 4 rings (SSSR count). The fourth-order valence-electron chi connectivity index (χ4n) is 3.85. The van der Waals surface area contributed by atoms with Crippen molar-refractivity contribution < 1.29 is 9.53 Å². The third kappa shape index (κ3) is 2.66.